The van der Waals surface area contributed by atoms with Gasteiger partial charge in [-0.2, -0.15) is 0 Å². The van der Waals surface area contributed by atoms with Crippen molar-refractivity contribution in [2.24, 2.45) is 0 Å². The maximum Gasteiger partial charge on any atom is 0.358 e. The fraction of sp³-hybridized carbons (Fsp3) is 0.400. The van der Waals surface area contributed by atoms with Gasteiger partial charge in [0.05, 0.1) is 0 Å². The summed E-state index contributed by atoms with van der Waals surface area (Å²) in [4.78, 5) is 29.5. The number of carbonyl (C=O) groups is 2. The summed E-state index contributed by atoms with van der Waals surface area (Å²) in [7, 11) is 0. The fourth-order valence-corrected chi connectivity index (χ4v) is 1.06. The van der Waals surface area contributed by atoms with Gasteiger partial charge in [-0.05, 0) is 6.42 Å². The van der Waals surface area contributed by atoms with E-state index in [4.69, 9.17) is 9.84 Å². The van der Waals surface area contributed by atoms with Gasteiger partial charge in [0.2, 0.25) is 0 Å². The molecule has 0 unspecified atom stereocenters. The third kappa shape index (κ3) is 4.15. The summed E-state index contributed by atoms with van der Waals surface area (Å²) in [6, 6.07) is 0. The van der Waals surface area contributed by atoms with Crippen molar-refractivity contribution in [2.45, 2.75) is 13.3 Å². The number of rotatable bonds is 6. The number of hydrogen-bond donors (Lipinski definition) is 2. The Morgan fingerprint density at radius 3 is 2.76 bits per heavy atom. The smallest absolute Gasteiger partial charge is 0.358 e. The third-order valence-corrected chi connectivity index (χ3v) is 1.74. The molecule has 0 spiro atoms. The van der Waals surface area contributed by atoms with E-state index in [2.05, 4.69) is 15.3 Å². The molecular formula is C10H13N3O4. The van der Waals surface area contributed by atoms with Crippen LogP contribution in [-0.4, -0.2) is 40.2 Å². The molecule has 0 atom stereocenters. The van der Waals surface area contributed by atoms with Crippen molar-refractivity contribution in [3.8, 4) is 0 Å². The van der Waals surface area contributed by atoms with Crippen LogP contribution in [0.25, 0.3) is 0 Å². The van der Waals surface area contributed by atoms with E-state index in [0.717, 1.165) is 6.42 Å². The molecule has 0 fully saturated rings. The van der Waals surface area contributed by atoms with Gasteiger partial charge in [-0.1, -0.05) is 6.92 Å². The Morgan fingerprint density at radius 1 is 1.41 bits per heavy atom. The summed E-state index contributed by atoms with van der Waals surface area (Å²) in [5.74, 6) is -1.78. The highest BCUT2D eigenvalue weighted by molar-refractivity contribution is 5.98. The second-order valence-electron chi connectivity index (χ2n) is 3.16. The van der Waals surface area contributed by atoms with Crippen LogP contribution in [-0.2, 0) is 9.53 Å². The number of hydrogen-bond acceptors (Lipinski definition) is 5. The summed E-state index contributed by atoms with van der Waals surface area (Å²) in [6.07, 6.45) is 3.35. The van der Waals surface area contributed by atoms with E-state index in [9.17, 15) is 9.59 Å². The molecule has 2 N–H and O–H groups in total. The van der Waals surface area contributed by atoms with E-state index in [1.54, 1.807) is 0 Å². The van der Waals surface area contributed by atoms with E-state index in [-0.39, 0.29) is 18.1 Å². The molecule has 1 aromatic heterocycles. The normalized spacial score (nSPS) is 9.94. The van der Waals surface area contributed by atoms with Crippen molar-refractivity contribution in [1.82, 2.24) is 9.97 Å². The predicted octanol–water partition coefficient (Wildman–Crippen LogP) is 0.540. The summed E-state index contributed by atoms with van der Waals surface area (Å²) >= 11 is 0. The first-order valence-electron chi connectivity index (χ1n) is 5.07. The van der Waals surface area contributed by atoms with Crippen molar-refractivity contribution in [1.29, 1.82) is 0 Å². The molecule has 0 saturated carbocycles. The van der Waals surface area contributed by atoms with Crippen LogP contribution in [0.4, 0.5) is 5.82 Å². The molecule has 7 nitrogen and oxygen atoms in total. The lowest BCUT2D eigenvalue weighted by molar-refractivity contribution is -0.120. The van der Waals surface area contributed by atoms with Crippen LogP contribution in [0.15, 0.2) is 12.4 Å². The number of carboxylic acid groups (broad SMARTS) is 1. The predicted molar refractivity (Wildman–Crippen MR) is 58.7 cm³/mol. The van der Waals surface area contributed by atoms with Gasteiger partial charge >= 0.3 is 5.97 Å². The van der Waals surface area contributed by atoms with Crippen LogP contribution in [0.1, 0.15) is 23.8 Å². The van der Waals surface area contributed by atoms with Gasteiger partial charge in [0.15, 0.2) is 11.5 Å². The van der Waals surface area contributed by atoms with Crippen LogP contribution in [0, 0.1) is 0 Å². The van der Waals surface area contributed by atoms with E-state index in [1.807, 2.05) is 6.92 Å². The molecule has 17 heavy (non-hydrogen) atoms. The van der Waals surface area contributed by atoms with Crippen molar-refractivity contribution >= 4 is 17.7 Å². The van der Waals surface area contributed by atoms with Gasteiger partial charge in [0.25, 0.3) is 5.91 Å². The van der Waals surface area contributed by atoms with Crippen LogP contribution < -0.4 is 5.32 Å². The molecule has 0 aliphatic rings. The number of anilines is 1. The van der Waals surface area contributed by atoms with Gasteiger partial charge < -0.3 is 15.2 Å². The van der Waals surface area contributed by atoms with Gasteiger partial charge in [-0.3, -0.25) is 4.79 Å². The Hall–Kier alpha value is -2.02. The Kier molecular flexibility index (Phi) is 5.02. The zero-order valence-corrected chi connectivity index (χ0v) is 9.34. The minimum atomic E-state index is -1.25. The molecule has 7 heteroatoms. The van der Waals surface area contributed by atoms with Crippen molar-refractivity contribution < 1.29 is 19.4 Å². The monoisotopic (exact) mass is 239 g/mol. The number of carboxylic acids is 1. The molecule has 92 valence electrons. The van der Waals surface area contributed by atoms with Crippen molar-refractivity contribution in [3.63, 3.8) is 0 Å². The molecule has 1 amide bonds. The Morgan fingerprint density at radius 2 is 2.12 bits per heavy atom. The number of aromatic nitrogens is 2. The molecular weight excluding hydrogens is 226 g/mol. The van der Waals surface area contributed by atoms with Crippen molar-refractivity contribution in [2.75, 3.05) is 18.5 Å². The van der Waals surface area contributed by atoms with Crippen LogP contribution in [0.3, 0.4) is 0 Å². The second kappa shape index (κ2) is 6.54. The first-order valence-corrected chi connectivity index (χ1v) is 5.07. The Bertz CT molecular complexity index is 408. The Labute approximate surface area is 97.8 Å². The highest BCUT2D eigenvalue weighted by atomic mass is 16.5. The van der Waals surface area contributed by atoms with E-state index in [0.29, 0.717) is 6.61 Å². The summed E-state index contributed by atoms with van der Waals surface area (Å²) < 4.78 is 5.01. The van der Waals surface area contributed by atoms with Gasteiger partial charge in [-0.25, -0.2) is 14.8 Å². The topological polar surface area (TPSA) is 101 Å². The highest BCUT2D eigenvalue weighted by Crippen LogP contribution is 2.07. The number of amides is 1. The van der Waals surface area contributed by atoms with Gasteiger partial charge in [-0.15, -0.1) is 0 Å². The maximum atomic E-state index is 11.4. The van der Waals surface area contributed by atoms with Crippen LogP contribution in [0.2, 0.25) is 0 Å². The molecule has 0 saturated heterocycles. The average molecular weight is 239 g/mol. The molecule has 1 aromatic rings. The quantitative estimate of drug-likeness (QED) is 0.702. The zero-order valence-electron chi connectivity index (χ0n) is 9.34. The molecule has 0 aromatic carbocycles. The molecule has 1 heterocycles. The standard InChI is InChI=1S/C10H13N3O4/c1-2-5-17-6-7(14)13-9-8(10(15)16)11-3-4-12-9/h3-4H,2,5-6H2,1H3,(H,15,16)(H,12,13,14). The van der Waals surface area contributed by atoms with Gasteiger partial charge in [0.1, 0.15) is 6.61 Å². The SMILES string of the molecule is CCCOCC(=O)Nc1nccnc1C(=O)O. The van der Waals surface area contributed by atoms with Crippen LogP contribution in [0.5, 0.6) is 0 Å². The fourth-order valence-electron chi connectivity index (χ4n) is 1.06. The average Bonchev–Trinajstić information content (AvgIpc) is 2.29. The maximum absolute atomic E-state index is 11.4. The largest absolute Gasteiger partial charge is 0.476 e. The highest BCUT2D eigenvalue weighted by Gasteiger charge is 2.14. The second-order valence-corrected chi connectivity index (χ2v) is 3.16. The summed E-state index contributed by atoms with van der Waals surface area (Å²) in [5.41, 5.74) is -0.295. The van der Waals surface area contributed by atoms with E-state index in [1.165, 1.54) is 12.4 Å². The lowest BCUT2D eigenvalue weighted by atomic mass is 10.4. The van der Waals surface area contributed by atoms with Crippen molar-refractivity contribution in [3.05, 3.63) is 18.1 Å². The zero-order chi connectivity index (χ0) is 12.7. The van der Waals surface area contributed by atoms with Crippen LogP contribution >= 0.6 is 0 Å². The number of carbonyl (C=O) groups excluding carboxylic acids is 1. The number of aromatic carboxylic acids is 1. The Balaban J connectivity index is 2.61. The third-order valence-electron chi connectivity index (χ3n) is 1.74. The molecule has 1 rings (SSSR count). The number of ether oxygens (including phenoxy) is 1. The first kappa shape index (κ1) is 13.0. The van der Waals surface area contributed by atoms with E-state index >= 15 is 0 Å². The van der Waals surface area contributed by atoms with Gasteiger partial charge in [0, 0.05) is 19.0 Å². The number of nitrogens with zero attached hydrogens (tertiary/aromatic N) is 2. The first-order chi connectivity index (χ1) is 8.15. The summed E-state index contributed by atoms with van der Waals surface area (Å²) in [5, 5.41) is 11.1. The molecule has 0 bridgehead atoms. The molecule has 0 radical (unpaired) electrons. The minimum Gasteiger partial charge on any atom is -0.476 e. The number of nitrogens with one attached hydrogen (secondary N) is 1. The minimum absolute atomic E-state index is 0.0786. The molecule has 0 aliphatic heterocycles. The lowest BCUT2D eigenvalue weighted by Crippen LogP contribution is -2.21. The lowest BCUT2D eigenvalue weighted by Gasteiger charge is -2.06. The summed E-state index contributed by atoms with van der Waals surface area (Å²) in [6.45, 7) is 2.26. The molecule has 0 aliphatic carbocycles. The van der Waals surface area contributed by atoms with E-state index < -0.39 is 11.9 Å².